The number of aliphatic hydroxyl groups excluding tert-OH is 1. The van der Waals surface area contributed by atoms with Gasteiger partial charge in [-0.05, 0) is 44.2 Å². The van der Waals surface area contributed by atoms with Crippen LogP contribution in [0.25, 0.3) is 22.3 Å². The van der Waals surface area contributed by atoms with Crippen molar-refractivity contribution in [3.8, 4) is 17.1 Å². The Hall–Kier alpha value is -3.70. The van der Waals surface area contributed by atoms with Gasteiger partial charge in [0, 0.05) is 28.9 Å². The van der Waals surface area contributed by atoms with Crippen molar-refractivity contribution in [2.75, 3.05) is 11.9 Å². The second-order valence-electron chi connectivity index (χ2n) is 7.93. The molecule has 0 bridgehead atoms. The van der Waals surface area contributed by atoms with Gasteiger partial charge in [-0.1, -0.05) is 12.1 Å². The lowest BCUT2D eigenvalue weighted by molar-refractivity contribution is -0.137. The summed E-state index contributed by atoms with van der Waals surface area (Å²) in [6.45, 7) is 3.79. The van der Waals surface area contributed by atoms with Crippen molar-refractivity contribution in [2.24, 2.45) is 0 Å². The molecule has 0 saturated carbocycles. The molecular formula is C23H23F3N6O2. The summed E-state index contributed by atoms with van der Waals surface area (Å²) in [5, 5.41) is 23.0. The molecule has 0 fully saturated rings. The monoisotopic (exact) mass is 472 g/mol. The van der Waals surface area contributed by atoms with E-state index in [1.807, 2.05) is 13.8 Å². The number of nitrogens with zero attached hydrogens (tertiary/aromatic N) is 3. The number of aliphatic hydroxyl groups is 1. The number of aromatic nitrogens is 4. The van der Waals surface area contributed by atoms with Crippen LogP contribution in [0.5, 0.6) is 5.75 Å². The Morgan fingerprint density at radius 2 is 1.94 bits per heavy atom. The molecule has 178 valence electrons. The largest absolute Gasteiger partial charge is 0.489 e. The minimum absolute atomic E-state index is 0.00119. The molecule has 11 heteroatoms. The molecule has 8 nitrogen and oxygen atoms in total. The third-order valence-corrected chi connectivity index (χ3v) is 4.82. The first-order valence-corrected chi connectivity index (χ1v) is 10.5. The standard InChI is InChI=1S/C23H23F3N6O2/c1-13(2)29-20(33)12-34-17-5-3-4-14(9-17)21-27-11-18(23(24,25)26)22(31-21)30-16-6-7-19-15(8-16)10-28-32-19/h3-11,13,20,29,33H,12H2,1-2H3,(H,28,32)(H,27,30,31). The number of rotatable bonds is 8. The van der Waals surface area contributed by atoms with E-state index < -0.39 is 18.0 Å². The van der Waals surface area contributed by atoms with Crippen molar-refractivity contribution in [2.45, 2.75) is 32.3 Å². The van der Waals surface area contributed by atoms with Gasteiger partial charge in [0.2, 0.25) is 0 Å². The molecule has 1 unspecified atom stereocenters. The molecule has 4 N–H and O–H groups in total. The number of halogens is 3. The van der Waals surface area contributed by atoms with Crippen LogP contribution in [0, 0.1) is 0 Å². The van der Waals surface area contributed by atoms with Crippen molar-refractivity contribution in [1.29, 1.82) is 0 Å². The summed E-state index contributed by atoms with van der Waals surface area (Å²) in [6, 6.07) is 11.7. The lowest BCUT2D eigenvalue weighted by atomic mass is 10.2. The third-order valence-electron chi connectivity index (χ3n) is 4.82. The Morgan fingerprint density at radius 1 is 1.12 bits per heavy atom. The van der Waals surface area contributed by atoms with E-state index >= 15 is 0 Å². The molecule has 0 spiro atoms. The molecule has 1 atom stereocenters. The summed E-state index contributed by atoms with van der Waals surface area (Å²) in [5.74, 6) is 0.139. The maximum absolute atomic E-state index is 13.6. The van der Waals surface area contributed by atoms with Crippen LogP contribution in [-0.2, 0) is 6.18 Å². The van der Waals surface area contributed by atoms with E-state index in [0.29, 0.717) is 17.0 Å². The SMILES string of the molecule is CC(C)NC(O)COc1cccc(-c2ncc(C(F)(F)F)c(Nc3ccc4[nH]ncc4c3)n2)c1. The second-order valence-corrected chi connectivity index (χ2v) is 7.93. The quantitative estimate of drug-likeness (QED) is 0.280. The van der Waals surface area contributed by atoms with Gasteiger partial charge >= 0.3 is 6.18 Å². The normalized spacial score (nSPS) is 12.8. The number of hydrogen-bond donors (Lipinski definition) is 4. The fourth-order valence-corrected chi connectivity index (χ4v) is 3.31. The van der Waals surface area contributed by atoms with Crippen LogP contribution in [-0.4, -0.2) is 44.1 Å². The Morgan fingerprint density at radius 3 is 2.71 bits per heavy atom. The number of benzene rings is 2. The van der Waals surface area contributed by atoms with Crippen LogP contribution < -0.4 is 15.4 Å². The highest BCUT2D eigenvalue weighted by atomic mass is 19.4. The van der Waals surface area contributed by atoms with Crippen LogP contribution in [0.3, 0.4) is 0 Å². The van der Waals surface area contributed by atoms with Crippen LogP contribution >= 0.6 is 0 Å². The van der Waals surface area contributed by atoms with E-state index in [4.69, 9.17) is 4.74 Å². The van der Waals surface area contributed by atoms with E-state index in [0.717, 1.165) is 17.1 Å². The Balaban J connectivity index is 1.61. The molecule has 0 amide bonds. The lowest BCUT2D eigenvalue weighted by Crippen LogP contribution is -2.38. The van der Waals surface area contributed by atoms with Gasteiger partial charge in [0.15, 0.2) is 5.82 Å². The summed E-state index contributed by atoms with van der Waals surface area (Å²) in [4.78, 5) is 8.10. The highest BCUT2D eigenvalue weighted by Gasteiger charge is 2.35. The first-order chi connectivity index (χ1) is 16.2. The molecular weight excluding hydrogens is 449 g/mol. The van der Waals surface area contributed by atoms with Gasteiger partial charge in [-0.25, -0.2) is 9.97 Å². The molecule has 0 saturated heterocycles. The smallest absolute Gasteiger partial charge is 0.421 e. The van der Waals surface area contributed by atoms with E-state index in [1.54, 1.807) is 48.7 Å². The van der Waals surface area contributed by atoms with E-state index in [-0.39, 0.29) is 24.3 Å². The van der Waals surface area contributed by atoms with Crippen molar-refractivity contribution in [3.05, 3.63) is 60.4 Å². The van der Waals surface area contributed by atoms with Crippen LogP contribution in [0.2, 0.25) is 0 Å². The maximum atomic E-state index is 13.6. The second kappa shape index (κ2) is 9.65. The van der Waals surface area contributed by atoms with E-state index in [2.05, 4.69) is 30.8 Å². The van der Waals surface area contributed by atoms with Gasteiger partial charge in [0.1, 0.15) is 30.0 Å². The number of nitrogens with one attached hydrogen (secondary N) is 3. The summed E-state index contributed by atoms with van der Waals surface area (Å²) in [5.41, 5.74) is 0.660. The number of fused-ring (bicyclic) bond motifs is 1. The Bertz CT molecular complexity index is 1280. The molecule has 2 aromatic carbocycles. The van der Waals surface area contributed by atoms with Crippen molar-refractivity contribution < 1.29 is 23.0 Å². The van der Waals surface area contributed by atoms with Crippen LogP contribution in [0.1, 0.15) is 19.4 Å². The summed E-state index contributed by atoms with van der Waals surface area (Å²) in [7, 11) is 0. The number of aromatic amines is 1. The fourth-order valence-electron chi connectivity index (χ4n) is 3.31. The number of ether oxygens (including phenoxy) is 1. The molecule has 0 radical (unpaired) electrons. The zero-order valence-corrected chi connectivity index (χ0v) is 18.4. The molecule has 2 heterocycles. The Labute approximate surface area is 193 Å². The molecule has 0 aliphatic heterocycles. The highest BCUT2D eigenvalue weighted by molar-refractivity contribution is 5.83. The fraction of sp³-hybridized carbons (Fsp3) is 0.261. The van der Waals surface area contributed by atoms with Gasteiger partial charge in [-0.3, -0.25) is 10.4 Å². The third kappa shape index (κ3) is 5.61. The maximum Gasteiger partial charge on any atom is 0.421 e. The lowest BCUT2D eigenvalue weighted by Gasteiger charge is -2.17. The topological polar surface area (TPSA) is 108 Å². The highest BCUT2D eigenvalue weighted by Crippen LogP contribution is 2.36. The molecule has 2 aromatic heterocycles. The first kappa shape index (κ1) is 23.5. The molecule has 4 aromatic rings. The minimum Gasteiger partial charge on any atom is -0.489 e. The Kier molecular flexibility index (Phi) is 6.66. The average Bonchev–Trinajstić information content (AvgIpc) is 3.25. The van der Waals surface area contributed by atoms with Gasteiger partial charge in [-0.2, -0.15) is 18.3 Å². The molecule has 4 rings (SSSR count). The van der Waals surface area contributed by atoms with Crippen LogP contribution in [0.4, 0.5) is 24.7 Å². The zero-order valence-electron chi connectivity index (χ0n) is 18.4. The van der Waals surface area contributed by atoms with Crippen molar-refractivity contribution in [1.82, 2.24) is 25.5 Å². The van der Waals surface area contributed by atoms with Gasteiger partial charge in [-0.15, -0.1) is 0 Å². The first-order valence-electron chi connectivity index (χ1n) is 10.5. The number of hydrogen-bond acceptors (Lipinski definition) is 7. The average molecular weight is 472 g/mol. The van der Waals surface area contributed by atoms with Gasteiger partial charge < -0.3 is 15.2 Å². The van der Waals surface area contributed by atoms with E-state index in [1.165, 1.54) is 0 Å². The van der Waals surface area contributed by atoms with Crippen LogP contribution in [0.15, 0.2) is 54.9 Å². The summed E-state index contributed by atoms with van der Waals surface area (Å²) < 4.78 is 46.5. The minimum atomic E-state index is -4.65. The zero-order chi connectivity index (χ0) is 24.3. The van der Waals surface area contributed by atoms with E-state index in [9.17, 15) is 18.3 Å². The predicted molar refractivity (Wildman–Crippen MR) is 122 cm³/mol. The number of H-pyrrole nitrogens is 1. The summed E-state index contributed by atoms with van der Waals surface area (Å²) in [6.07, 6.45) is -3.18. The van der Waals surface area contributed by atoms with Crippen molar-refractivity contribution in [3.63, 3.8) is 0 Å². The molecule has 0 aliphatic carbocycles. The predicted octanol–water partition coefficient (Wildman–Crippen LogP) is 4.48. The molecule has 0 aliphatic rings. The van der Waals surface area contributed by atoms with Gasteiger partial charge in [0.25, 0.3) is 0 Å². The van der Waals surface area contributed by atoms with Crippen molar-refractivity contribution >= 4 is 22.4 Å². The number of alkyl halides is 3. The summed E-state index contributed by atoms with van der Waals surface area (Å²) >= 11 is 0. The van der Waals surface area contributed by atoms with Gasteiger partial charge in [0.05, 0.1) is 11.7 Å². The number of anilines is 2. The molecule has 34 heavy (non-hydrogen) atoms.